The second-order valence-corrected chi connectivity index (χ2v) is 8.41. The Bertz CT molecular complexity index is 212. The highest BCUT2D eigenvalue weighted by atomic mass is 31.2. The summed E-state index contributed by atoms with van der Waals surface area (Å²) in [5, 5.41) is 0. The van der Waals surface area contributed by atoms with Crippen LogP contribution in [0.15, 0.2) is 0 Å². The van der Waals surface area contributed by atoms with Gasteiger partial charge in [0.2, 0.25) is 0 Å². The van der Waals surface area contributed by atoms with E-state index in [1.54, 1.807) is 13.8 Å². The summed E-state index contributed by atoms with van der Waals surface area (Å²) in [4.78, 5) is 17.1. The van der Waals surface area contributed by atoms with Crippen LogP contribution < -0.4 is 0 Å². The molecule has 2 N–H and O–H groups in total. The van der Waals surface area contributed by atoms with E-state index in [2.05, 4.69) is 0 Å². The van der Waals surface area contributed by atoms with Gasteiger partial charge >= 0.3 is 7.60 Å². The summed E-state index contributed by atoms with van der Waals surface area (Å²) in [5.74, 6) is 0. The van der Waals surface area contributed by atoms with Gasteiger partial charge in [-0.05, 0) is 12.3 Å². The predicted octanol–water partition coefficient (Wildman–Crippen LogP) is 1.57. The fourth-order valence-corrected chi connectivity index (χ4v) is 4.43. The number of rotatable bonds is 5. The van der Waals surface area contributed by atoms with E-state index < -0.39 is 14.7 Å². The number of hydrogen-bond acceptors (Lipinski definition) is 2. The first-order chi connectivity index (χ1) is 5.33. The maximum atomic E-state index is 11.7. The molecule has 0 unspecified atom stereocenters. The Morgan fingerprint density at radius 3 is 1.67 bits per heavy atom. The van der Waals surface area contributed by atoms with Crippen LogP contribution in [0.4, 0.5) is 0 Å². The molecule has 0 bridgehead atoms. The highest BCUT2D eigenvalue weighted by Crippen LogP contribution is 2.48. The molecule has 0 radical (unpaired) electrons. The van der Waals surface area contributed by atoms with Crippen LogP contribution in [0.1, 0.15) is 13.8 Å². The second-order valence-electron chi connectivity index (χ2n) is 2.80. The average molecular weight is 214 g/mol. The fraction of sp³-hybridized carbons (Fsp3) is 1.00. The van der Waals surface area contributed by atoms with E-state index in [1.807, 2.05) is 0 Å². The summed E-state index contributed by atoms with van der Waals surface area (Å²) >= 11 is 0. The van der Waals surface area contributed by atoms with Crippen LogP contribution in [0, 0.1) is 0 Å². The first-order valence-electron chi connectivity index (χ1n) is 3.94. The monoisotopic (exact) mass is 214 g/mol. The zero-order chi connectivity index (χ0) is 9.83. The molecule has 4 nitrogen and oxygen atoms in total. The lowest BCUT2D eigenvalue weighted by atomic mass is 10.9. The van der Waals surface area contributed by atoms with Crippen LogP contribution in [0.25, 0.3) is 0 Å². The highest BCUT2D eigenvalue weighted by molar-refractivity contribution is 7.65. The van der Waals surface area contributed by atoms with Crippen LogP contribution in [0.2, 0.25) is 0 Å². The molecule has 0 aromatic carbocycles. The molecule has 0 saturated heterocycles. The van der Waals surface area contributed by atoms with E-state index in [-0.39, 0.29) is 12.3 Å². The van der Waals surface area contributed by atoms with Crippen molar-refractivity contribution in [3.8, 4) is 0 Å². The van der Waals surface area contributed by atoms with Gasteiger partial charge in [-0.25, -0.2) is 0 Å². The van der Waals surface area contributed by atoms with Gasteiger partial charge in [-0.3, -0.25) is 4.57 Å². The molecule has 6 heteroatoms. The minimum absolute atomic E-state index is 0.171. The summed E-state index contributed by atoms with van der Waals surface area (Å²) in [6, 6.07) is 0. The Morgan fingerprint density at radius 1 is 1.00 bits per heavy atom. The third-order valence-electron chi connectivity index (χ3n) is 1.95. The van der Waals surface area contributed by atoms with Crippen LogP contribution in [-0.4, -0.2) is 34.4 Å². The van der Waals surface area contributed by atoms with Crippen LogP contribution in [-0.2, 0) is 9.13 Å². The SMILES string of the molecule is CCP(=O)(CC)CCP(=O)(O)O. The molecular formula is C6H16O4P2. The molecule has 0 fully saturated rings. The van der Waals surface area contributed by atoms with Gasteiger partial charge in [0.1, 0.15) is 0 Å². The van der Waals surface area contributed by atoms with E-state index in [0.29, 0.717) is 12.3 Å². The van der Waals surface area contributed by atoms with Crippen molar-refractivity contribution in [1.82, 2.24) is 0 Å². The van der Waals surface area contributed by atoms with E-state index in [9.17, 15) is 9.13 Å². The molecule has 0 aliphatic rings. The van der Waals surface area contributed by atoms with Crippen molar-refractivity contribution >= 4 is 14.7 Å². The van der Waals surface area contributed by atoms with Crippen molar-refractivity contribution in [1.29, 1.82) is 0 Å². The molecule has 12 heavy (non-hydrogen) atoms. The van der Waals surface area contributed by atoms with Gasteiger partial charge in [0.15, 0.2) is 0 Å². The maximum Gasteiger partial charge on any atom is 0.326 e. The lowest BCUT2D eigenvalue weighted by molar-refractivity contribution is 0.374. The summed E-state index contributed by atoms with van der Waals surface area (Å²) in [6.45, 7) is 3.59. The van der Waals surface area contributed by atoms with Gasteiger partial charge in [0.05, 0.1) is 13.3 Å². The molecule has 0 rings (SSSR count). The third kappa shape index (κ3) is 5.10. The Labute approximate surface area is 72.9 Å². The minimum atomic E-state index is -3.96. The van der Waals surface area contributed by atoms with Gasteiger partial charge in [0, 0.05) is 6.16 Å². The van der Waals surface area contributed by atoms with Gasteiger partial charge in [-0.15, -0.1) is 0 Å². The van der Waals surface area contributed by atoms with Gasteiger partial charge in [0.25, 0.3) is 0 Å². The zero-order valence-electron chi connectivity index (χ0n) is 7.43. The molecule has 0 aliphatic heterocycles. The van der Waals surface area contributed by atoms with Crippen LogP contribution in [0.5, 0.6) is 0 Å². The highest BCUT2D eigenvalue weighted by Gasteiger charge is 2.22. The van der Waals surface area contributed by atoms with E-state index in [0.717, 1.165) is 0 Å². The quantitative estimate of drug-likeness (QED) is 0.681. The van der Waals surface area contributed by atoms with Crippen molar-refractivity contribution in [3.05, 3.63) is 0 Å². The molecule has 0 heterocycles. The topological polar surface area (TPSA) is 74.6 Å². The molecule has 0 atom stereocenters. The molecule has 0 aromatic rings. The van der Waals surface area contributed by atoms with E-state index >= 15 is 0 Å². The summed E-state index contributed by atoms with van der Waals surface area (Å²) < 4.78 is 22.1. The third-order valence-corrected chi connectivity index (χ3v) is 6.45. The van der Waals surface area contributed by atoms with Crippen LogP contribution in [0.3, 0.4) is 0 Å². The molecule has 0 amide bonds. The van der Waals surface area contributed by atoms with Crippen molar-refractivity contribution in [2.45, 2.75) is 13.8 Å². The Morgan fingerprint density at radius 2 is 1.42 bits per heavy atom. The van der Waals surface area contributed by atoms with E-state index in [4.69, 9.17) is 9.79 Å². The lowest BCUT2D eigenvalue weighted by Gasteiger charge is -2.13. The average Bonchev–Trinajstić information content (AvgIpc) is 1.99. The van der Waals surface area contributed by atoms with Gasteiger partial charge in [-0.1, -0.05) is 13.8 Å². The molecule has 74 valence electrons. The van der Waals surface area contributed by atoms with Gasteiger partial charge in [-0.2, -0.15) is 0 Å². The van der Waals surface area contributed by atoms with Crippen molar-refractivity contribution in [2.75, 3.05) is 24.6 Å². The smallest absolute Gasteiger partial charge is 0.324 e. The Balaban J connectivity index is 4.08. The lowest BCUT2D eigenvalue weighted by Crippen LogP contribution is -2.01. The Hall–Kier alpha value is 0.380. The normalized spacial score (nSPS) is 13.3. The number of hydrogen-bond donors (Lipinski definition) is 2. The fourth-order valence-electron chi connectivity index (χ4n) is 0.852. The Kier molecular flexibility index (Phi) is 4.71. The van der Waals surface area contributed by atoms with Crippen molar-refractivity contribution in [3.63, 3.8) is 0 Å². The van der Waals surface area contributed by atoms with Crippen LogP contribution >= 0.6 is 14.7 Å². The summed E-state index contributed by atoms with van der Waals surface area (Å²) in [6.07, 6.45) is 0.989. The molecule has 0 aromatic heterocycles. The molecular weight excluding hydrogens is 198 g/mol. The van der Waals surface area contributed by atoms with Gasteiger partial charge < -0.3 is 14.4 Å². The van der Waals surface area contributed by atoms with Crippen molar-refractivity contribution < 1.29 is 18.9 Å². The maximum absolute atomic E-state index is 11.7. The standard InChI is InChI=1S/C6H16O4P2/c1-3-11(7,4-2)5-6-12(8,9)10/h3-6H2,1-2H3,(H2,8,9,10). The van der Waals surface area contributed by atoms with Crippen molar-refractivity contribution in [2.24, 2.45) is 0 Å². The second kappa shape index (κ2) is 4.57. The predicted molar refractivity (Wildman–Crippen MR) is 50.5 cm³/mol. The first-order valence-corrected chi connectivity index (χ1v) is 8.00. The molecule has 0 aliphatic carbocycles. The summed E-state index contributed by atoms with van der Waals surface area (Å²) in [5.41, 5.74) is 0. The molecule has 0 saturated carbocycles. The van der Waals surface area contributed by atoms with E-state index in [1.165, 1.54) is 0 Å². The minimum Gasteiger partial charge on any atom is -0.324 e. The molecule has 0 spiro atoms. The zero-order valence-corrected chi connectivity index (χ0v) is 9.22. The first kappa shape index (κ1) is 12.4. The summed E-state index contributed by atoms with van der Waals surface area (Å²) in [7, 11) is -6.23. The largest absolute Gasteiger partial charge is 0.326 e.